The zero-order chi connectivity index (χ0) is 13.8. The Morgan fingerprint density at radius 3 is 2.63 bits per heavy atom. The highest BCUT2D eigenvalue weighted by molar-refractivity contribution is 9.10. The van der Waals surface area contributed by atoms with Crippen molar-refractivity contribution in [1.29, 1.82) is 0 Å². The van der Waals surface area contributed by atoms with Gasteiger partial charge in [0.15, 0.2) is 0 Å². The lowest BCUT2D eigenvalue weighted by atomic mass is 10.1. The first kappa shape index (κ1) is 14.0. The Morgan fingerprint density at radius 2 is 2.00 bits per heavy atom. The van der Waals surface area contributed by atoms with Gasteiger partial charge in [0, 0.05) is 27.7 Å². The molecule has 0 heterocycles. The third-order valence-corrected chi connectivity index (χ3v) is 3.59. The van der Waals surface area contributed by atoms with E-state index >= 15 is 0 Å². The van der Waals surface area contributed by atoms with Crippen molar-refractivity contribution < 1.29 is 9.13 Å². The van der Waals surface area contributed by atoms with Crippen molar-refractivity contribution in [3.63, 3.8) is 0 Å². The van der Waals surface area contributed by atoms with Gasteiger partial charge < -0.3 is 10.5 Å². The minimum absolute atomic E-state index is 0.322. The molecule has 4 heteroatoms. The Kier molecular flexibility index (Phi) is 4.56. The minimum Gasteiger partial charge on any atom is -0.489 e. The third kappa shape index (κ3) is 3.55. The van der Waals surface area contributed by atoms with Crippen molar-refractivity contribution >= 4 is 15.9 Å². The van der Waals surface area contributed by atoms with Crippen LogP contribution in [0.3, 0.4) is 0 Å². The van der Waals surface area contributed by atoms with Gasteiger partial charge in [-0.25, -0.2) is 4.39 Å². The second kappa shape index (κ2) is 6.17. The van der Waals surface area contributed by atoms with Gasteiger partial charge in [-0.1, -0.05) is 40.2 Å². The van der Waals surface area contributed by atoms with Gasteiger partial charge in [-0.2, -0.15) is 0 Å². The average Bonchev–Trinajstić information content (AvgIpc) is 2.37. The van der Waals surface area contributed by atoms with E-state index in [0.717, 1.165) is 10.0 Å². The van der Waals surface area contributed by atoms with Crippen LogP contribution in [0, 0.1) is 5.82 Å². The zero-order valence-corrected chi connectivity index (χ0v) is 12.2. The number of rotatable bonds is 4. The molecule has 2 aromatic rings. The van der Waals surface area contributed by atoms with Gasteiger partial charge in [-0.3, -0.25) is 0 Å². The van der Waals surface area contributed by atoms with E-state index in [1.165, 1.54) is 6.07 Å². The maximum absolute atomic E-state index is 13.7. The standard InChI is InChI=1S/C15H15BrFNO/c1-10(18)13-7-6-12(8-15(13)17)19-9-11-4-2-3-5-14(11)16/h2-8,10H,9,18H2,1H3/t10-/m0/s1. The number of ether oxygens (including phenoxy) is 1. The molecule has 0 aliphatic heterocycles. The van der Waals surface area contributed by atoms with Crippen LogP contribution in [0.15, 0.2) is 46.9 Å². The van der Waals surface area contributed by atoms with Crippen LogP contribution in [0.5, 0.6) is 5.75 Å². The van der Waals surface area contributed by atoms with Crippen LogP contribution in [0.4, 0.5) is 4.39 Å². The van der Waals surface area contributed by atoms with Crippen LogP contribution in [-0.2, 0) is 6.61 Å². The molecular weight excluding hydrogens is 309 g/mol. The molecule has 2 N–H and O–H groups in total. The predicted octanol–water partition coefficient (Wildman–Crippen LogP) is 4.19. The lowest BCUT2D eigenvalue weighted by Crippen LogP contribution is -2.07. The highest BCUT2D eigenvalue weighted by Crippen LogP contribution is 2.23. The maximum Gasteiger partial charge on any atom is 0.131 e. The Morgan fingerprint density at radius 1 is 1.26 bits per heavy atom. The Hall–Kier alpha value is -1.39. The van der Waals surface area contributed by atoms with Crippen LogP contribution in [-0.4, -0.2) is 0 Å². The highest BCUT2D eigenvalue weighted by atomic mass is 79.9. The van der Waals surface area contributed by atoms with Gasteiger partial charge >= 0.3 is 0 Å². The first-order chi connectivity index (χ1) is 9.08. The van der Waals surface area contributed by atoms with Crippen molar-refractivity contribution in [2.75, 3.05) is 0 Å². The van der Waals surface area contributed by atoms with Crippen LogP contribution < -0.4 is 10.5 Å². The summed E-state index contributed by atoms with van der Waals surface area (Å²) in [6.07, 6.45) is 0. The molecule has 0 saturated heterocycles. The molecule has 0 aromatic heterocycles. The molecule has 19 heavy (non-hydrogen) atoms. The molecule has 0 aliphatic carbocycles. The number of hydrogen-bond acceptors (Lipinski definition) is 2. The van der Waals surface area contributed by atoms with E-state index in [1.54, 1.807) is 19.1 Å². The monoisotopic (exact) mass is 323 g/mol. The first-order valence-corrected chi connectivity index (χ1v) is 6.78. The fraction of sp³-hybridized carbons (Fsp3) is 0.200. The smallest absolute Gasteiger partial charge is 0.131 e. The summed E-state index contributed by atoms with van der Waals surface area (Å²) in [5.41, 5.74) is 7.17. The minimum atomic E-state index is -0.334. The fourth-order valence-corrected chi connectivity index (χ4v) is 2.14. The molecule has 0 amide bonds. The van der Waals surface area contributed by atoms with Gasteiger partial charge in [-0.05, 0) is 19.1 Å². The van der Waals surface area contributed by atoms with Crippen molar-refractivity contribution in [1.82, 2.24) is 0 Å². The Labute approximate surface area is 120 Å². The highest BCUT2D eigenvalue weighted by Gasteiger charge is 2.08. The number of hydrogen-bond donors (Lipinski definition) is 1. The maximum atomic E-state index is 13.7. The van der Waals surface area contributed by atoms with Crippen LogP contribution in [0.1, 0.15) is 24.1 Å². The summed E-state index contributed by atoms with van der Waals surface area (Å²) in [5.74, 6) is 0.164. The van der Waals surface area contributed by atoms with Gasteiger partial charge in [0.05, 0.1) is 0 Å². The van der Waals surface area contributed by atoms with E-state index < -0.39 is 0 Å². The quantitative estimate of drug-likeness (QED) is 0.915. The van der Waals surface area contributed by atoms with Crippen LogP contribution >= 0.6 is 15.9 Å². The molecule has 100 valence electrons. The van der Waals surface area contributed by atoms with Crippen LogP contribution in [0.25, 0.3) is 0 Å². The van der Waals surface area contributed by atoms with E-state index in [1.807, 2.05) is 24.3 Å². The molecule has 1 atom stereocenters. The van der Waals surface area contributed by atoms with Crippen molar-refractivity contribution in [3.05, 3.63) is 63.9 Å². The lowest BCUT2D eigenvalue weighted by Gasteiger charge is -2.11. The largest absolute Gasteiger partial charge is 0.489 e. The normalized spacial score (nSPS) is 12.2. The molecule has 0 fully saturated rings. The van der Waals surface area contributed by atoms with E-state index in [2.05, 4.69) is 15.9 Å². The molecule has 2 rings (SSSR count). The molecule has 2 aromatic carbocycles. The first-order valence-electron chi connectivity index (χ1n) is 5.99. The van der Waals surface area contributed by atoms with E-state index in [-0.39, 0.29) is 11.9 Å². The van der Waals surface area contributed by atoms with E-state index in [4.69, 9.17) is 10.5 Å². The predicted molar refractivity (Wildman–Crippen MR) is 77.5 cm³/mol. The van der Waals surface area contributed by atoms with Crippen molar-refractivity contribution in [2.45, 2.75) is 19.6 Å². The summed E-state index contributed by atoms with van der Waals surface area (Å²) in [6, 6.07) is 12.2. The van der Waals surface area contributed by atoms with Crippen LogP contribution in [0.2, 0.25) is 0 Å². The zero-order valence-electron chi connectivity index (χ0n) is 10.6. The van der Waals surface area contributed by atoms with Crippen molar-refractivity contribution in [3.8, 4) is 5.75 Å². The molecule has 0 saturated carbocycles. The average molecular weight is 324 g/mol. The van der Waals surface area contributed by atoms with Crippen molar-refractivity contribution in [2.24, 2.45) is 5.73 Å². The van der Waals surface area contributed by atoms with E-state index in [9.17, 15) is 4.39 Å². The molecule has 0 aliphatic rings. The molecular formula is C15H15BrFNO. The number of benzene rings is 2. The van der Waals surface area contributed by atoms with Gasteiger partial charge in [0.25, 0.3) is 0 Å². The second-order valence-corrected chi connectivity index (χ2v) is 5.21. The number of halogens is 2. The van der Waals surface area contributed by atoms with Gasteiger partial charge in [0.2, 0.25) is 0 Å². The number of nitrogens with two attached hydrogens (primary N) is 1. The molecule has 0 unspecified atom stereocenters. The molecule has 0 spiro atoms. The fourth-order valence-electron chi connectivity index (χ4n) is 1.74. The van der Waals surface area contributed by atoms with Gasteiger partial charge in [-0.15, -0.1) is 0 Å². The molecule has 2 nitrogen and oxygen atoms in total. The summed E-state index contributed by atoms with van der Waals surface area (Å²) >= 11 is 3.44. The lowest BCUT2D eigenvalue weighted by molar-refractivity contribution is 0.303. The SMILES string of the molecule is C[C@H](N)c1ccc(OCc2ccccc2Br)cc1F. The Bertz CT molecular complexity index is 572. The molecule has 0 bridgehead atoms. The topological polar surface area (TPSA) is 35.2 Å². The summed E-state index contributed by atoms with van der Waals surface area (Å²) in [6.45, 7) is 2.14. The van der Waals surface area contributed by atoms with E-state index in [0.29, 0.717) is 17.9 Å². The summed E-state index contributed by atoms with van der Waals surface area (Å²) in [5, 5.41) is 0. The Balaban J connectivity index is 2.08. The second-order valence-electron chi connectivity index (χ2n) is 4.35. The summed E-state index contributed by atoms with van der Waals surface area (Å²) in [4.78, 5) is 0. The molecule has 0 radical (unpaired) electrons. The summed E-state index contributed by atoms with van der Waals surface area (Å²) < 4.78 is 20.3. The summed E-state index contributed by atoms with van der Waals surface area (Å²) in [7, 11) is 0. The van der Waals surface area contributed by atoms with Gasteiger partial charge in [0.1, 0.15) is 18.2 Å². The third-order valence-electron chi connectivity index (χ3n) is 2.81.